The van der Waals surface area contributed by atoms with Crippen LogP contribution >= 0.6 is 0 Å². The molecule has 0 spiro atoms. The number of hydrogen-bond donors (Lipinski definition) is 3. The van der Waals surface area contributed by atoms with Gasteiger partial charge in [-0.25, -0.2) is 0 Å². The molecule has 0 aromatic rings. The van der Waals surface area contributed by atoms with Crippen molar-refractivity contribution in [3.63, 3.8) is 0 Å². The van der Waals surface area contributed by atoms with Gasteiger partial charge in [-0.3, -0.25) is 9.59 Å². The second-order valence-electron chi connectivity index (χ2n) is 3.14. The quantitative estimate of drug-likeness (QED) is 0.510. The Balaban J connectivity index is 3.30. The third-order valence-electron chi connectivity index (χ3n) is 1.90. The lowest BCUT2D eigenvalue weighted by Gasteiger charge is -2.06. The number of carbonyl (C=O) groups excluding carboxylic acids is 1. The predicted molar refractivity (Wildman–Crippen MR) is 52.8 cm³/mol. The van der Waals surface area contributed by atoms with E-state index in [4.69, 9.17) is 10.8 Å². The number of amides is 1. The Labute approximate surface area is 83.7 Å². The van der Waals surface area contributed by atoms with E-state index in [-0.39, 0.29) is 5.91 Å². The van der Waals surface area contributed by atoms with Crippen molar-refractivity contribution in [1.82, 2.24) is 5.32 Å². The van der Waals surface area contributed by atoms with Crippen LogP contribution in [0.4, 0.5) is 0 Å². The molecule has 0 fully saturated rings. The maximum Gasteiger partial charge on any atom is 0.320 e. The fraction of sp³-hybridized carbons (Fsp3) is 0.778. The molecule has 0 bridgehead atoms. The van der Waals surface area contributed by atoms with E-state index in [1.54, 1.807) is 6.92 Å². The maximum absolute atomic E-state index is 10.8. The Morgan fingerprint density at radius 2 is 2.07 bits per heavy atom. The monoisotopic (exact) mass is 202 g/mol. The molecule has 5 heteroatoms. The topological polar surface area (TPSA) is 92.4 Å². The highest BCUT2D eigenvalue weighted by molar-refractivity contribution is 5.75. The first-order valence-electron chi connectivity index (χ1n) is 4.83. The van der Waals surface area contributed by atoms with Crippen molar-refractivity contribution >= 4 is 11.9 Å². The van der Waals surface area contributed by atoms with Gasteiger partial charge in [-0.15, -0.1) is 0 Å². The maximum atomic E-state index is 10.8. The molecule has 14 heavy (non-hydrogen) atoms. The van der Waals surface area contributed by atoms with Crippen LogP contribution in [0, 0.1) is 0 Å². The number of unbranched alkanes of at least 4 members (excludes halogenated alkanes) is 1. The standard InChI is InChI=1S/C9H18N2O3/c1-2-8(12)11-6-4-3-5-7(10)9(13)14/h7H,2-6,10H2,1H3,(H,11,12)(H,13,14)/t7-/m0/s1. The van der Waals surface area contributed by atoms with Crippen LogP contribution in [0.2, 0.25) is 0 Å². The lowest BCUT2D eigenvalue weighted by molar-refractivity contribution is -0.138. The minimum atomic E-state index is -0.970. The zero-order valence-electron chi connectivity index (χ0n) is 8.45. The first-order chi connectivity index (χ1) is 6.57. The van der Waals surface area contributed by atoms with Crippen molar-refractivity contribution in [3.05, 3.63) is 0 Å². The van der Waals surface area contributed by atoms with Gasteiger partial charge < -0.3 is 16.2 Å². The van der Waals surface area contributed by atoms with Gasteiger partial charge in [0.15, 0.2) is 0 Å². The summed E-state index contributed by atoms with van der Waals surface area (Å²) in [6.07, 6.45) is 2.43. The summed E-state index contributed by atoms with van der Waals surface area (Å²) in [7, 11) is 0. The van der Waals surface area contributed by atoms with Gasteiger partial charge in [-0.1, -0.05) is 6.92 Å². The lowest BCUT2D eigenvalue weighted by atomic mass is 10.1. The minimum absolute atomic E-state index is 0.0209. The van der Waals surface area contributed by atoms with Gasteiger partial charge in [0.1, 0.15) is 6.04 Å². The van der Waals surface area contributed by atoms with Crippen LogP contribution in [0.1, 0.15) is 32.6 Å². The van der Waals surface area contributed by atoms with Crippen molar-refractivity contribution in [2.75, 3.05) is 6.54 Å². The molecular weight excluding hydrogens is 184 g/mol. The van der Waals surface area contributed by atoms with E-state index in [9.17, 15) is 9.59 Å². The molecule has 0 saturated carbocycles. The summed E-state index contributed by atoms with van der Waals surface area (Å²) in [5.74, 6) is -0.949. The highest BCUT2D eigenvalue weighted by Gasteiger charge is 2.09. The predicted octanol–water partition coefficient (Wildman–Crippen LogP) is 0.0948. The first-order valence-corrected chi connectivity index (χ1v) is 4.83. The third kappa shape index (κ3) is 6.42. The molecule has 0 aromatic heterocycles. The summed E-state index contributed by atoms with van der Waals surface area (Å²) < 4.78 is 0. The summed E-state index contributed by atoms with van der Waals surface area (Å²) in [5, 5.41) is 11.2. The second-order valence-corrected chi connectivity index (χ2v) is 3.14. The van der Waals surface area contributed by atoms with Crippen LogP contribution < -0.4 is 11.1 Å². The van der Waals surface area contributed by atoms with Gasteiger partial charge in [0.2, 0.25) is 5.91 Å². The molecule has 82 valence electrons. The van der Waals surface area contributed by atoms with E-state index in [1.165, 1.54) is 0 Å². The summed E-state index contributed by atoms with van der Waals surface area (Å²) in [6, 6.07) is -0.781. The van der Waals surface area contributed by atoms with Gasteiger partial charge in [0.25, 0.3) is 0 Å². The molecular formula is C9H18N2O3. The molecule has 0 aliphatic carbocycles. The highest BCUT2D eigenvalue weighted by Crippen LogP contribution is 1.98. The average molecular weight is 202 g/mol. The zero-order valence-corrected chi connectivity index (χ0v) is 8.45. The minimum Gasteiger partial charge on any atom is -0.480 e. The Morgan fingerprint density at radius 1 is 1.43 bits per heavy atom. The van der Waals surface area contributed by atoms with Crippen LogP contribution in [0.25, 0.3) is 0 Å². The fourth-order valence-electron chi connectivity index (χ4n) is 0.966. The number of nitrogens with two attached hydrogens (primary N) is 1. The SMILES string of the molecule is CCC(=O)NCCCC[C@H](N)C(=O)O. The lowest BCUT2D eigenvalue weighted by Crippen LogP contribution is -2.30. The highest BCUT2D eigenvalue weighted by atomic mass is 16.4. The summed E-state index contributed by atoms with van der Waals surface area (Å²) in [6.45, 7) is 2.38. The van der Waals surface area contributed by atoms with Crippen LogP contribution in [0.3, 0.4) is 0 Å². The number of carboxylic acids is 1. The van der Waals surface area contributed by atoms with Gasteiger partial charge in [0, 0.05) is 13.0 Å². The van der Waals surface area contributed by atoms with E-state index in [1.807, 2.05) is 0 Å². The summed E-state index contributed by atoms with van der Waals surface area (Å²) >= 11 is 0. The normalized spacial score (nSPS) is 12.1. The van der Waals surface area contributed by atoms with Crippen LogP contribution in [0.5, 0.6) is 0 Å². The molecule has 1 amide bonds. The molecule has 0 aromatic carbocycles. The zero-order chi connectivity index (χ0) is 11.0. The largest absolute Gasteiger partial charge is 0.480 e. The molecule has 0 saturated heterocycles. The van der Waals surface area contributed by atoms with E-state index < -0.39 is 12.0 Å². The molecule has 4 N–H and O–H groups in total. The van der Waals surface area contributed by atoms with Crippen molar-refractivity contribution in [1.29, 1.82) is 0 Å². The van der Waals surface area contributed by atoms with E-state index >= 15 is 0 Å². The first kappa shape index (κ1) is 12.9. The van der Waals surface area contributed by atoms with Gasteiger partial charge in [-0.2, -0.15) is 0 Å². The summed E-state index contributed by atoms with van der Waals surface area (Å²) in [5.41, 5.74) is 5.30. The van der Waals surface area contributed by atoms with Crippen molar-refractivity contribution in [2.45, 2.75) is 38.6 Å². The Morgan fingerprint density at radius 3 is 2.57 bits per heavy atom. The van der Waals surface area contributed by atoms with E-state index in [2.05, 4.69) is 5.32 Å². The molecule has 0 aliphatic heterocycles. The Bertz CT molecular complexity index is 194. The number of nitrogens with one attached hydrogen (secondary N) is 1. The van der Waals surface area contributed by atoms with Crippen LogP contribution in [-0.4, -0.2) is 29.6 Å². The van der Waals surface area contributed by atoms with Crippen molar-refractivity contribution in [3.8, 4) is 0 Å². The van der Waals surface area contributed by atoms with Crippen molar-refractivity contribution < 1.29 is 14.7 Å². The van der Waals surface area contributed by atoms with E-state index in [0.717, 1.165) is 12.8 Å². The smallest absolute Gasteiger partial charge is 0.320 e. The number of rotatable bonds is 7. The summed E-state index contributed by atoms with van der Waals surface area (Å²) in [4.78, 5) is 21.1. The molecule has 0 unspecified atom stereocenters. The van der Waals surface area contributed by atoms with Crippen molar-refractivity contribution in [2.24, 2.45) is 5.73 Å². The Kier molecular flexibility index (Phi) is 6.74. The molecule has 0 rings (SSSR count). The van der Waals surface area contributed by atoms with Gasteiger partial charge in [0.05, 0.1) is 0 Å². The second kappa shape index (κ2) is 7.32. The molecule has 5 nitrogen and oxygen atoms in total. The number of carbonyl (C=O) groups is 2. The third-order valence-corrected chi connectivity index (χ3v) is 1.90. The van der Waals surface area contributed by atoms with Gasteiger partial charge >= 0.3 is 5.97 Å². The fourth-order valence-corrected chi connectivity index (χ4v) is 0.966. The molecule has 0 heterocycles. The van der Waals surface area contributed by atoms with Crippen LogP contribution in [0.15, 0.2) is 0 Å². The number of hydrogen-bond acceptors (Lipinski definition) is 3. The van der Waals surface area contributed by atoms with Crippen LogP contribution in [-0.2, 0) is 9.59 Å². The molecule has 0 radical (unpaired) electrons. The van der Waals surface area contributed by atoms with Gasteiger partial charge in [-0.05, 0) is 19.3 Å². The average Bonchev–Trinajstić information content (AvgIpc) is 2.16. The number of aliphatic carboxylic acids is 1. The Hall–Kier alpha value is -1.10. The van der Waals surface area contributed by atoms with E-state index in [0.29, 0.717) is 19.4 Å². The molecule has 1 atom stereocenters. The molecule has 0 aliphatic rings. The number of carboxylic acid groups (broad SMARTS) is 1.